The Balaban J connectivity index is 1.88. The summed E-state index contributed by atoms with van der Waals surface area (Å²) in [6.45, 7) is 8.45. The first-order valence-electron chi connectivity index (χ1n) is 8.62. The van der Waals surface area contributed by atoms with Crippen LogP contribution in [0.1, 0.15) is 85.8 Å². The van der Waals surface area contributed by atoms with E-state index >= 15 is 0 Å². The molecule has 130 valence electrons. The number of hydrogen-bond donors (Lipinski definition) is 0. The van der Waals surface area contributed by atoms with Gasteiger partial charge in [0, 0.05) is 18.9 Å². The second kappa shape index (κ2) is 6.75. The number of hydrogen-bond acceptors (Lipinski definition) is 6. The Labute approximate surface area is 141 Å². The van der Waals surface area contributed by atoms with Crippen LogP contribution in [0.3, 0.4) is 0 Å². The first-order valence-corrected chi connectivity index (χ1v) is 8.62. The number of carbonyl (C=O) groups excluding carboxylic acids is 1. The van der Waals surface area contributed by atoms with Crippen LogP contribution >= 0.6 is 0 Å². The minimum absolute atomic E-state index is 0.145. The molecular formula is C17H24N4O3. The molecule has 1 aliphatic rings. The van der Waals surface area contributed by atoms with Gasteiger partial charge < -0.3 is 13.8 Å². The SMILES string of the molecule is CCc1nc(C)c(C(=O)N2CCCCC2c2nc(C(C)C)no2)o1. The molecule has 1 fully saturated rings. The van der Waals surface area contributed by atoms with Gasteiger partial charge in [0.25, 0.3) is 5.91 Å². The van der Waals surface area contributed by atoms with Crippen LogP contribution < -0.4 is 0 Å². The van der Waals surface area contributed by atoms with Gasteiger partial charge in [-0.05, 0) is 26.2 Å². The van der Waals surface area contributed by atoms with Gasteiger partial charge >= 0.3 is 0 Å². The maximum atomic E-state index is 13.0. The van der Waals surface area contributed by atoms with Crippen molar-refractivity contribution in [3.05, 3.63) is 29.1 Å². The number of rotatable bonds is 4. The largest absolute Gasteiger partial charge is 0.435 e. The van der Waals surface area contributed by atoms with Crippen molar-refractivity contribution in [3.8, 4) is 0 Å². The molecule has 1 aliphatic heterocycles. The van der Waals surface area contributed by atoms with Crippen molar-refractivity contribution >= 4 is 5.91 Å². The fourth-order valence-corrected chi connectivity index (χ4v) is 2.98. The molecule has 0 N–H and O–H groups in total. The molecule has 1 unspecified atom stereocenters. The summed E-state index contributed by atoms with van der Waals surface area (Å²) < 4.78 is 11.1. The van der Waals surface area contributed by atoms with Crippen LogP contribution in [0.15, 0.2) is 8.94 Å². The number of aromatic nitrogens is 3. The topological polar surface area (TPSA) is 85.3 Å². The van der Waals surface area contributed by atoms with Crippen LogP contribution in [0.5, 0.6) is 0 Å². The lowest BCUT2D eigenvalue weighted by Gasteiger charge is -2.32. The molecule has 0 aliphatic carbocycles. The number of amides is 1. The van der Waals surface area contributed by atoms with Gasteiger partial charge in [-0.2, -0.15) is 4.98 Å². The van der Waals surface area contributed by atoms with Gasteiger partial charge in [-0.25, -0.2) is 4.98 Å². The molecule has 1 amide bonds. The number of aryl methyl sites for hydroxylation is 2. The van der Waals surface area contributed by atoms with Gasteiger partial charge in [-0.15, -0.1) is 0 Å². The molecular weight excluding hydrogens is 308 g/mol. The highest BCUT2D eigenvalue weighted by Crippen LogP contribution is 2.32. The summed E-state index contributed by atoms with van der Waals surface area (Å²) in [5.74, 6) is 2.14. The van der Waals surface area contributed by atoms with E-state index in [0.717, 1.165) is 19.3 Å². The minimum atomic E-state index is -0.194. The van der Waals surface area contributed by atoms with Gasteiger partial charge in [0.15, 0.2) is 11.7 Å². The predicted molar refractivity (Wildman–Crippen MR) is 86.6 cm³/mol. The summed E-state index contributed by atoms with van der Waals surface area (Å²) in [7, 11) is 0. The highest BCUT2D eigenvalue weighted by molar-refractivity contribution is 5.92. The van der Waals surface area contributed by atoms with Crippen molar-refractivity contribution in [2.75, 3.05) is 6.54 Å². The van der Waals surface area contributed by atoms with E-state index in [9.17, 15) is 4.79 Å². The Morgan fingerprint density at radius 2 is 2.12 bits per heavy atom. The van der Waals surface area contributed by atoms with Gasteiger partial charge in [0.1, 0.15) is 6.04 Å². The Hall–Kier alpha value is -2.18. The molecule has 3 rings (SSSR count). The molecule has 1 atom stereocenters. The third-order valence-electron chi connectivity index (χ3n) is 4.36. The minimum Gasteiger partial charge on any atom is -0.435 e. The van der Waals surface area contributed by atoms with Crippen LogP contribution in [-0.4, -0.2) is 32.5 Å². The van der Waals surface area contributed by atoms with Gasteiger partial charge in [-0.1, -0.05) is 25.9 Å². The first-order chi connectivity index (χ1) is 11.5. The van der Waals surface area contributed by atoms with Crippen LogP contribution in [0.25, 0.3) is 0 Å². The molecule has 1 saturated heterocycles. The highest BCUT2D eigenvalue weighted by atomic mass is 16.5. The quantitative estimate of drug-likeness (QED) is 0.853. The maximum Gasteiger partial charge on any atom is 0.292 e. The molecule has 2 aromatic heterocycles. The zero-order valence-electron chi connectivity index (χ0n) is 14.7. The van der Waals surface area contributed by atoms with Crippen molar-refractivity contribution in [1.29, 1.82) is 0 Å². The van der Waals surface area contributed by atoms with E-state index in [1.54, 1.807) is 11.8 Å². The summed E-state index contributed by atoms with van der Waals surface area (Å²) in [6, 6.07) is -0.194. The average Bonchev–Trinajstić information content (AvgIpc) is 3.21. The predicted octanol–water partition coefficient (Wildman–Crippen LogP) is 3.42. The van der Waals surface area contributed by atoms with Crippen LogP contribution in [0.2, 0.25) is 0 Å². The molecule has 3 heterocycles. The Morgan fingerprint density at radius 3 is 2.75 bits per heavy atom. The van der Waals surface area contributed by atoms with Crippen LogP contribution in [0.4, 0.5) is 0 Å². The third-order valence-corrected chi connectivity index (χ3v) is 4.36. The number of likely N-dealkylation sites (tertiary alicyclic amines) is 1. The molecule has 24 heavy (non-hydrogen) atoms. The lowest BCUT2D eigenvalue weighted by Crippen LogP contribution is -2.38. The average molecular weight is 332 g/mol. The molecule has 7 heteroatoms. The molecule has 0 radical (unpaired) electrons. The highest BCUT2D eigenvalue weighted by Gasteiger charge is 2.35. The fourth-order valence-electron chi connectivity index (χ4n) is 2.98. The summed E-state index contributed by atoms with van der Waals surface area (Å²) in [5.41, 5.74) is 0.634. The third kappa shape index (κ3) is 3.07. The van der Waals surface area contributed by atoms with E-state index < -0.39 is 0 Å². The van der Waals surface area contributed by atoms with Crippen LogP contribution in [0, 0.1) is 6.92 Å². The van der Waals surface area contributed by atoms with Crippen molar-refractivity contribution in [2.45, 2.75) is 65.3 Å². The summed E-state index contributed by atoms with van der Waals surface area (Å²) in [4.78, 5) is 23.6. The van der Waals surface area contributed by atoms with E-state index in [-0.39, 0.29) is 17.9 Å². The first kappa shape index (κ1) is 16.7. The summed E-state index contributed by atoms with van der Waals surface area (Å²) in [5, 5.41) is 4.03. The monoisotopic (exact) mass is 332 g/mol. The van der Waals surface area contributed by atoms with Gasteiger partial charge in [0.05, 0.1) is 5.69 Å². The lowest BCUT2D eigenvalue weighted by molar-refractivity contribution is 0.0527. The zero-order chi connectivity index (χ0) is 17.3. The van der Waals surface area contributed by atoms with Crippen molar-refractivity contribution in [3.63, 3.8) is 0 Å². The standard InChI is InChI=1S/C17H24N4O3/c1-5-13-18-11(4)14(23-13)17(22)21-9-7-6-8-12(21)16-19-15(10(2)3)20-24-16/h10,12H,5-9H2,1-4H3. The number of nitrogens with zero attached hydrogens (tertiary/aromatic N) is 4. The van der Waals surface area contributed by atoms with Crippen LogP contribution in [-0.2, 0) is 6.42 Å². The Bertz CT molecular complexity index is 719. The Morgan fingerprint density at radius 1 is 1.33 bits per heavy atom. The van der Waals surface area contributed by atoms with E-state index in [2.05, 4.69) is 15.1 Å². The Kier molecular flexibility index (Phi) is 4.69. The smallest absolute Gasteiger partial charge is 0.292 e. The number of carbonyl (C=O) groups is 1. The molecule has 2 aromatic rings. The normalized spacial score (nSPS) is 18.4. The number of oxazole rings is 1. The second-order valence-corrected chi connectivity index (χ2v) is 6.53. The van der Waals surface area contributed by atoms with E-state index in [1.165, 1.54) is 0 Å². The lowest BCUT2D eigenvalue weighted by atomic mass is 10.0. The zero-order valence-corrected chi connectivity index (χ0v) is 14.7. The fraction of sp³-hybridized carbons (Fsp3) is 0.647. The summed E-state index contributed by atoms with van der Waals surface area (Å²) >= 11 is 0. The second-order valence-electron chi connectivity index (χ2n) is 6.53. The van der Waals surface area contributed by atoms with E-state index in [4.69, 9.17) is 8.94 Å². The molecule has 0 saturated carbocycles. The molecule has 0 aromatic carbocycles. The number of piperidine rings is 1. The van der Waals surface area contributed by atoms with Gasteiger partial charge in [-0.3, -0.25) is 4.79 Å². The maximum absolute atomic E-state index is 13.0. The van der Waals surface area contributed by atoms with Crippen molar-refractivity contribution in [2.24, 2.45) is 0 Å². The van der Waals surface area contributed by atoms with Gasteiger partial charge in [0.2, 0.25) is 11.7 Å². The molecule has 7 nitrogen and oxygen atoms in total. The van der Waals surface area contributed by atoms with Crippen molar-refractivity contribution in [1.82, 2.24) is 20.0 Å². The molecule has 0 spiro atoms. The molecule has 0 bridgehead atoms. The van der Waals surface area contributed by atoms with E-state index in [0.29, 0.717) is 42.0 Å². The van der Waals surface area contributed by atoms with E-state index in [1.807, 2.05) is 20.8 Å². The van der Waals surface area contributed by atoms with Crippen molar-refractivity contribution < 1.29 is 13.7 Å². The summed E-state index contributed by atoms with van der Waals surface area (Å²) in [6.07, 6.45) is 3.48.